The first-order valence-electron chi connectivity index (χ1n) is 46.3. The molecular formula is C117H102N8O14S. The van der Waals surface area contributed by atoms with Gasteiger partial charge in [-0.05, 0) is 209 Å². The Balaban J connectivity index is 0.000000124. The fourth-order valence-electron chi connectivity index (χ4n) is 18.3. The summed E-state index contributed by atoms with van der Waals surface area (Å²) in [5.74, 6) is 4.11. The van der Waals surface area contributed by atoms with E-state index in [2.05, 4.69) is 76.7 Å². The molecule has 1 atom stereocenters. The van der Waals surface area contributed by atoms with Gasteiger partial charge < -0.3 is 52.7 Å². The van der Waals surface area contributed by atoms with Gasteiger partial charge in [0.25, 0.3) is 5.56 Å². The number of furan rings is 2. The Labute approximate surface area is 807 Å². The number of aromatic nitrogens is 8. The topological polar surface area (TPSA) is 313 Å². The molecule has 23 heteroatoms. The molecule has 140 heavy (non-hydrogen) atoms. The van der Waals surface area contributed by atoms with Gasteiger partial charge in [-0.2, -0.15) is 0 Å². The Bertz CT molecular complexity index is 8490. The molecule has 12 aromatic carbocycles. The number of carboxylic acid groups (broad SMARTS) is 3. The van der Waals surface area contributed by atoms with Gasteiger partial charge in [0.05, 0.1) is 88.8 Å². The van der Waals surface area contributed by atoms with Crippen molar-refractivity contribution < 1.29 is 61.7 Å². The fourth-order valence-corrected chi connectivity index (χ4v) is 19.0. The first kappa shape index (κ1) is 93.5. The van der Waals surface area contributed by atoms with E-state index < -0.39 is 27.4 Å². The summed E-state index contributed by atoms with van der Waals surface area (Å²) in [7, 11) is -0.302. The first-order valence-corrected chi connectivity index (χ1v) is 48.5. The van der Waals surface area contributed by atoms with E-state index in [-0.39, 0.29) is 28.9 Å². The zero-order valence-electron chi connectivity index (χ0n) is 79.1. The number of benzene rings is 12. The van der Waals surface area contributed by atoms with Crippen molar-refractivity contribution in [2.24, 2.45) is 7.05 Å². The number of pyridine rings is 4. The van der Waals surface area contributed by atoms with Crippen LogP contribution in [-0.4, -0.2) is 89.2 Å². The molecule has 9 aromatic heterocycles. The minimum atomic E-state index is -2.30. The number of aromatic carboxylic acids is 3. The van der Waals surface area contributed by atoms with Gasteiger partial charge in [0.1, 0.15) is 72.0 Å². The van der Waals surface area contributed by atoms with Crippen LogP contribution in [0.25, 0.3) is 144 Å². The lowest BCUT2D eigenvalue weighted by atomic mass is 9.98. The molecule has 0 amide bonds. The maximum absolute atomic E-state index is 12.5. The smallest absolute Gasteiger partial charge is 0.336 e. The fraction of sp³-hybridized carbons (Fsp3) is 0.154. The number of para-hydroxylation sites is 4. The molecular weight excluding hydrogens is 1770 g/mol. The first-order chi connectivity index (χ1) is 67.8. The predicted octanol–water partition coefficient (Wildman–Crippen LogP) is 26.4. The third-order valence-corrected chi connectivity index (χ3v) is 26.9. The standard InChI is InChI=1S/C30H25N3O3.C30H27NO5S.C29H26N2O3.C28H24N2O3/c1-3-20-13-14-26(35-17-19-9-5-4-6-10-19)28-22(23-16-27(34)33-32-23)15-24(31-29(20)28)30-18(2)21-11-7-8-12-25(21)36-30;1-5-20-12-15-26(35-17-19-10-13-21(14-11-19)37(3,4)34)27-23(30(32)33)16-24(31-28(20)27)29-18(2)22-8-6-7-9-25(22)36-29;1-4-20-14-15-25(34-17-19-10-6-5-7-11-19)26-22(29(32)33)16-23(30-27(20)26)28-18(2)21-12-8-9-13-24(21)31(28)3;1-3-19-13-14-24(33-16-18-9-5-4-6-10-18)25-21(28(31)32)15-23(30-27(19)25)26-17(2)20-11-7-8-12-22(20)29-26/h4-16H,3,17H2,1-2H3,(H2,32,33,34);6-16H,3,5,17H2,1-2,4H3,(H,32,33);5-16H,4,17H2,1-3H3,(H,32,33);4-15,29H,3,16H2,1-2H3,(H,31,32). The van der Waals surface area contributed by atoms with Gasteiger partial charge >= 0.3 is 17.9 Å². The molecule has 0 saturated carbocycles. The zero-order chi connectivity index (χ0) is 97.7. The Morgan fingerprint density at radius 3 is 1.16 bits per heavy atom. The lowest BCUT2D eigenvalue weighted by Crippen LogP contribution is -2.06. The number of nitrogens with one attached hydrogen (secondary N) is 3. The van der Waals surface area contributed by atoms with Crippen molar-refractivity contribution in [3.63, 3.8) is 0 Å². The third-order valence-electron chi connectivity index (χ3n) is 25.6. The second-order valence-corrected chi connectivity index (χ2v) is 37.1. The highest BCUT2D eigenvalue weighted by atomic mass is 32.2. The molecule has 0 saturated heterocycles. The van der Waals surface area contributed by atoms with E-state index in [1.807, 2.05) is 260 Å². The van der Waals surface area contributed by atoms with Crippen molar-refractivity contribution in [3.05, 3.63) is 385 Å². The summed E-state index contributed by atoms with van der Waals surface area (Å²) < 4.78 is 51.3. The summed E-state index contributed by atoms with van der Waals surface area (Å²) in [6.07, 6.45) is 4.54. The molecule has 0 radical (unpaired) electrons. The Kier molecular flexibility index (Phi) is 26.8. The van der Waals surface area contributed by atoms with Crippen molar-refractivity contribution in [2.45, 2.75) is 112 Å². The minimum absolute atomic E-state index is 0.100. The number of nitrogens with zero attached hydrogens (tertiary/aromatic N) is 5. The highest BCUT2D eigenvalue weighted by Gasteiger charge is 2.29. The van der Waals surface area contributed by atoms with Crippen LogP contribution in [0.2, 0.25) is 0 Å². The van der Waals surface area contributed by atoms with Gasteiger partial charge in [0.15, 0.2) is 11.5 Å². The van der Waals surface area contributed by atoms with Crippen LogP contribution in [0.5, 0.6) is 23.0 Å². The minimum Gasteiger partial charge on any atom is -0.488 e. The molecule has 0 aliphatic carbocycles. The number of H-pyrrole nitrogens is 3. The number of carbonyl (C=O) groups is 3. The molecule has 9 heterocycles. The molecule has 0 fully saturated rings. The van der Waals surface area contributed by atoms with E-state index in [4.69, 9.17) is 47.7 Å². The molecule has 22 nitrogen and oxygen atoms in total. The highest BCUT2D eigenvalue weighted by Crippen LogP contribution is 2.45. The zero-order valence-corrected chi connectivity index (χ0v) is 79.9. The Hall–Kier alpha value is -16.9. The Morgan fingerprint density at radius 2 is 0.757 bits per heavy atom. The molecule has 6 N–H and O–H groups in total. The summed E-state index contributed by atoms with van der Waals surface area (Å²) in [5.41, 5.74) is 24.4. The summed E-state index contributed by atoms with van der Waals surface area (Å²) in [6.45, 7) is 17.6. The lowest BCUT2D eigenvalue weighted by molar-refractivity contribution is 0.0688. The second-order valence-electron chi connectivity index (χ2n) is 34.6. The quantitative estimate of drug-likeness (QED) is 0.0290. The molecule has 0 spiro atoms. The maximum Gasteiger partial charge on any atom is 0.336 e. The normalized spacial score (nSPS) is 11.8. The van der Waals surface area contributed by atoms with E-state index in [1.54, 1.807) is 48.7 Å². The molecule has 700 valence electrons. The van der Waals surface area contributed by atoms with Crippen molar-refractivity contribution >= 4 is 121 Å². The van der Waals surface area contributed by atoms with Gasteiger partial charge in [0, 0.05) is 73.5 Å². The summed E-state index contributed by atoms with van der Waals surface area (Å²) in [5, 5.41) is 42.9. The number of aromatic amines is 3. The second kappa shape index (κ2) is 40.2. The van der Waals surface area contributed by atoms with E-state index in [0.717, 1.165) is 163 Å². The molecule has 0 bridgehead atoms. The number of fused-ring (bicyclic) bond motifs is 8. The molecule has 0 aliphatic rings. The number of hydrogen-bond acceptors (Lipinski definition) is 15. The number of carboxylic acids is 3. The molecule has 1 unspecified atom stereocenters. The van der Waals surface area contributed by atoms with Crippen LogP contribution >= 0.6 is 0 Å². The largest absolute Gasteiger partial charge is 0.488 e. The molecule has 21 aromatic rings. The monoisotopic (exact) mass is 1870 g/mol. The summed E-state index contributed by atoms with van der Waals surface area (Å²) >= 11 is 0. The van der Waals surface area contributed by atoms with Crippen molar-refractivity contribution in [1.82, 2.24) is 39.7 Å². The van der Waals surface area contributed by atoms with Crippen LogP contribution in [0.3, 0.4) is 0 Å². The van der Waals surface area contributed by atoms with Gasteiger partial charge in [-0.3, -0.25) is 19.2 Å². The molecule has 21 rings (SSSR count). The van der Waals surface area contributed by atoms with Crippen LogP contribution in [0.4, 0.5) is 0 Å². The van der Waals surface area contributed by atoms with E-state index in [9.17, 15) is 38.7 Å². The SMILES string of the molecule is C=S(C)(=O)c1ccc(COc2ccc(CC)c3nc(-c4oc5ccccc5c4C)cc(C(=O)O)c23)cc1.CCc1ccc(OCc2ccccc2)c2c(-c3cc(=O)[nH][nH]3)cc(-c3oc4ccccc4c3C)nc12.CCc1ccc(OCc2ccccc2)c2c(C(=O)O)cc(-c3[nH]c4ccccc4c3C)nc12.CCc1ccc(OCc2ccccc2)c2c(C(=O)O)cc(-c3c(C)c4ccccc4n3C)nc12. The van der Waals surface area contributed by atoms with Gasteiger partial charge in [-0.25, -0.2) is 34.3 Å². The van der Waals surface area contributed by atoms with Gasteiger partial charge in [0.2, 0.25) is 0 Å². The third kappa shape index (κ3) is 18.9. The number of aryl methyl sites for hydroxylation is 9. The number of hydrogen-bond donors (Lipinski definition) is 6. The average Bonchev–Trinajstić information content (AvgIpc) is 1.53. The van der Waals surface area contributed by atoms with E-state index >= 15 is 0 Å². The molecule has 0 aliphatic heterocycles. The highest BCUT2D eigenvalue weighted by molar-refractivity contribution is 7.99. The van der Waals surface area contributed by atoms with Crippen molar-refractivity contribution in [3.8, 4) is 79.9 Å². The van der Waals surface area contributed by atoms with Gasteiger partial charge in [-0.15, -0.1) is 0 Å². The summed E-state index contributed by atoms with van der Waals surface area (Å²) in [4.78, 5) is 73.5. The van der Waals surface area contributed by atoms with E-state index in [0.29, 0.717) is 121 Å². The van der Waals surface area contributed by atoms with Crippen LogP contribution in [0.1, 0.15) is 126 Å². The maximum atomic E-state index is 12.5. The summed E-state index contributed by atoms with van der Waals surface area (Å²) in [6, 6.07) is 92.7. The predicted molar refractivity (Wildman–Crippen MR) is 557 cm³/mol. The number of rotatable bonds is 25. The average molecular weight is 1880 g/mol. The van der Waals surface area contributed by atoms with Crippen LogP contribution in [0, 0.1) is 27.7 Å². The number of ether oxygens (including phenoxy) is 4. The van der Waals surface area contributed by atoms with Crippen molar-refractivity contribution in [1.29, 1.82) is 0 Å². The van der Waals surface area contributed by atoms with Crippen LogP contribution in [0.15, 0.2) is 310 Å². The lowest BCUT2D eigenvalue weighted by Gasteiger charge is -2.16. The van der Waals surface area contributed by atoms with Crippen LogP contribution < -0.4 is 24.5 Å². The van der Waals surface area contributed by atoms with Crippen molar-refractivity contribution in [2.75, 3.05) is 6.26 Å². The van der Waals surface area contributed by atoms with Gasteiger partial charge in [-0.1, -0.05) is 228 Å². The van der Waals surface area contributed by atoms with Crippen LogP contribution in [-0.2, 0) is 68.7 Å². The Morgan fingerprint density at radius 1 is 0.393 bits per heavy atom. The van der Waals surface area contributed by atoms with E-state index in [1.165, 1.54) is 0 Å².